The van der Waals surface area contributed by atoms with Crippen molar-refractivity contribution < 1.29 is 28.3 Å². The third-order valence-electron chi connectivity index (χ3n) is 2.68. The third kappa shape index (κ3) is 5.21. The molecule has 0 aromatic carbocycles. The van der Waals surface area contributed by atoms with Crippen LogP contribution in [0.1, 0.15) is 23.3 Å². The molecule has 0 bridgehead atoms. The number of carboxylic acids is 1. The number of rotatable bonds is 8. The highest BCUT2D eigenvalue weighted by molar-refractivity contribution is 5.95. The SMILES string of the molecule is NC(=O)CC[C@@H](NC(=O)c1cccn1CC(F)F)C(=O)O. The number of carbonyl (C=O) groups is 3. The van der Waals surface area contributed by atoms with E-state index in [1.54, 1.807) is 0 Å². The highest BCUT2D eigenvalue weighted by Crippen LogP contribution is 2.08. The van der Waals surface area contributed by atoms with Crippen molar-refractivity contribution in [1.82, 2.24) is 9.88 Å². The minimum atomic E-state index is -2.64. The van der Waals surface area contributed by atoms with Crippen LogP contribution in [-0.2, 0) is 16.1 Å². The van der Waals surface area contributed by atoms with Gasteiger partial charge in [0.15, 0.2) is 0 Å². The molecule has 1 atom stereocenters. The van der Waals surface area contributed by atoms with Crippen molar-refractivity contribution in [2.24, 2.45) is 5.73 Å². The first kappa shape index (κ1) is 16.6. The lowest BCUT2D eigenvalue weighted by molar-refractivity contribution is -0.139. The fraction of sp³-hybridized carbons (Fsp3) is 0.417. The van der Waals surface area contributed by atoms with Gasteiger partial charge in [0.05, 0.1) is 6.54 Å². The van der Waals surface area contributed by atoms with Crippen LogP contribution < -0.4 is 11.1 Å². The molecule has 21 heavy (non-hydrogen) atoms. The number of aliphatic carboxylic acids is 1. The van der Waals surface area contributed by atoms with Gasteiger partial charge in [0.2, 0.25) is 5.91 Å². The predicted molar refractivity (Wildman–Crippen MR) is 67.8 cm³/mol. The third-order valence-corrected chi connectivity index (χ3v) is 2.68. The van der Waals surface area contributed by atoms with Crippen LogP contribution in [0.15, 0.2) is 18.3 Å². The van der Waals surface area contributed by atoms with Crippen LogP contribution in [0.4, 0.5) is 8.78 Å². The zero-order valence-electron chi connectivity index (χ0n) is 11.0. The van der Waals surface area contributed by atoms with E-state index in [0.717, 1.165) is 4.57 Å². The lowest BCUT2D eigenvalue weighted by Gasteiger charge is -2.15. The van der Waals surface area contributed by atoms with E-state index in [1.165, 1.54) is 18.3 Å². The number of carboxylic acid groups (broad SMARTS) is 1. The molecule has 7 nitrogen and oxygen atoms in total. The van der Waals surface area contributed by atoms with Gasteiger partial charge in [-0.05, 0) is 18.6 Å². The molecule has 0 saturated heterocycles. The quantitative estimate of drug-likeness (QED) is 0.636. The van der Waals surface area contributed by atoms with Crippen molar-refractivity contribution in [2.45, 2.75) is 31.9 Å². The molecule has 1 aromatic rings. The van der Waals surface area contributed by atoms with Gasteiger partial charge in [-0.2, -0.15) is 0 Å². The number of carbonyl (C=O) groups excluding carboxylic acids is 2. The predicted octanol–water partition coefficient (Wildman–Crippen LogP) is 0.202. The highest BCUT2D eigenvalue weighted by atomic mass is 19.3. The van der Waals surface area contributed by atoms with Gasteiger partial charge in [-0.15, -0.1) is 0 Å². The van der Waals surface area contributed by atoms with E-state index in [1.807, 2.05) is 0 Å². The van der Waals surface area contributed by atoms with Gasteiger partial charge in [0.25, 0.3) is 12.3 Å². The number of nitrogens with two attached hydrogens (primary N) is 1. The fourth-order valence-corrected chi connectivity index (χ4v) is 1.70. The first-order valence-corrected chi connectivity index (χ1v) is 6.06. The molecule has 0 aliphatic carbocycles. The van der Waals surface area contributed by atoms with Crippen molar-refractivity contribution in [3.8, 4) is 0 Å². The summed E-state index contributed by atoms with van der Waals surface area (Å²) < 4.78 is 25.7. The zero-order chi connectivity index (χ0) is 16.0. The summed E-state index contributed by atoms with van der Waals surface area (Å²) in [5, 5.41) is 11.1. The topological polar surface area (TPSA) is 114 Å². The molecule has 4 N–H and O–H groups in total. The van der Waals surface area contributed by atoms with Crippen molar-refractivity contribution in [2.75, 3.05) is 0 Å². The van der Waals surface area contributed by atoms with Gasteiger partial charge in [-0.1, -0.05) is 0 Å². The molecular formula is C12H15F2N3O4. The van der Waals surface area contributed by atoms with Crippen LogP contribution in [0.2, 0.25) is 0 Å². The number of halogens is 2. The van der Waals surface area contributed by atoms with E-state index in [-0.39, 0.29) is 18.5 Å². The summed E-state index contributed by atoms with van der Waals surface area (Å²) in [6.07, 6.45) is -1.74. The first-order valence-electron chi connectivity index (χ1n) is 6.06. The van der Waals surface area contributed by atoms with Crippen LogP contribution in [0, 0.1) is 0 Å². The Morgan fingerprint density at radius 3 is 2.57 bits per heavy atom. The Hall–Kier alpha value is -2.45. The number of nitrogens with zero attached hydrogens (tertiary/aromatic N) is 1. The zero-order valence-corrected chi connectivity index (χ0v) is 11.0. The van der Waals surface area contributed by atoms with E-state index < -0.39 is 36.8 Å². The maximum atomic E-state index is 12.3. The summed E-state index contributed by atoms with van der Waals surface area (Å²) in [5.74, 6) is -2.84. The molecule has 0 fully saturated rings. The molecule has 9 heteroatoms. The van der Waals surface area contributed by atoms with E-state index in [4.69, 9.17) is 10.8 Å². The second kappa shape index (κ2) is 7.36. The normalized spacial score (nSPS) is 12.1. The van der Waals surface area contributed by atoms with E-state index in [0.29, 0.717) is 0 Å². The molecule has 2 amide bonds. The van der Waals surface area contributed by atoms with Gasteiger partial charge in [0, 0.05) is 12.6 Å². The van der Waals surface area contributed by atoms with Crippen molar-refractivity contribution in [3.05, 3.63) is 24.0 Å². The van der Waals surface area contributed by atoms with Crippen LogP contribution in [0.3, 0.4) is 0 Å². The summed E-state index contributed by atoms with van der Waals surface area (Å²) in [5.41, 5.74) is 4.83. The Morgan fingerprint density at radius 1 is 1.38 bits per heavy atom. The van der Waals surface area contributed by atoms with Gasteiger partial charge < -0.3 is 20.7 Å². The number of alkyl halides is 2. The van der Waals surface area contributed by atoms with Crippen LogP contribution in [0.25, 0.3) is 0 Å². The Morgan fingerprint density at radius 2 is 2.05 bits per heavy atom. The second-order valence-electron chi connectivity index (χ2n) is 4.31. The molecule has 0 saturated carbocycles. The number of amides is 2. The maximum absolute atomic E-state index is 12.3. The van der Waals surface area contributed by atoms with Crippen molar-refractivity contribution >= 4 is 17.8 Å². The standard InChI is InChI=1S/C12H15F2N3O4/c13-9(14)6-17-5-1-2-8(17)11(19)16-7(12(20)21)3-4-10(15)18/h1-2,5,7,9H,3-4,6H2,(H2,15,18)(H,16,19)(H,20,21)/t7-/m1/s1. The van der Waals surface area contributed by atoms with E-state index >= 15 is 0 Å². The number of hydrogen-bond donors (Lipinski definition) is 3. The summed E-state index contributed by atoms with van der Waals surface area (Å²) in [6.45, 7) is -0.672. The smallest absolute Gasteiger partial charge is 0.326 e. The number of nitrogens with one attached hydrogen (secondary N) is 1. The number of aromatic nitrogens is 1. The molecule has 0 aliphatic rings. The molecule has 116 valence electrons. The minimum absolute atomic E-state index is 0.0828. The average Bonchev–Trinajstić information content (AvgIpc) is 2.80. The van der Waals surface area contributed by atoms with Crippen LogP contribution in [0.5, 0.6) is 0 Å². The molecule has 0 aliphatic heterocycles. The molecular weight excluding hydrogens is 288 g/mol. The Labute approximate surface area is 118 Å². The lowest BCUT2D eigenvalue weighted by atomic mass is 10.1. The largest absolute Gasteiger partial charge is 0.480 e. The summed E-state index contributed by atoms with van der Waals surface area (Å²) in [7, 11) is 0. The van der Waals surface area contributed by atoms with Gasteiger partial charge in [0.1, 0.15) is 11.7 Å². The van der Waals surface area contributed by atoms with Crippen LogP contribution in [-0.4, -0.2) is 39.9 Å². The van der Waals surface area contributed by atoms with Gasteiger partial charge >= 0.3 is 5.97 Å². The van der Waals surface area contributed by atoms with E-state index in [9.17, 15) is 23.2 Å². The average molecular weight is 303 g/mol. The molecule has 1 heterocycles. The van der Waals surface area contributed by atoms with Gasteiger partial charge in [-0.3, -0.25) is 9.59 Å². The van der Waals surface area contributed by atoms with Crippen molar-refractivity contribution in [3.63, 3.8) is 0 Å². The molecule has 0 unspecified atom stereocenters. The Kier molecular flexibility index (Phi) is 5.82. The van der Waals surface area contributed by atoms with Crippen LogP contribution >= 0.6 is 0 Å². The minimum Gasteiger partial charge on any atom is -0.480 e. The molecule has 1 aromatic heterocycles. The Balaban J connectivity index is 2.75. The summed E-state index contributed by atoms with van der Waals surface area (Å²) in [6, 6.07) is 1.38. The Bertz CT molecular complexity index is 530. The van der Waals surface area contributed by atoms with Gasteiger partial charge in [-0.25, -0.2) is 13.6 Å². The lowest BCUT2D eigenvalue weighted by Crippen LogP contribution is -2.42. The molecule has 0 radical (unpaired) electrons. The summed E-state index contributed by atoms with van der Waals surface area (Å²) in [4.78, 5) is 33.5. The molecule has 1 rings (SSSR count). The highest BCUT2D eigenvalue weighted by Gasteiger charge is 2.23. The monoisotopic (exact) mass is 303 g/mol. The number of primary amides is 1. The maximum Gasteiger partial charge on any atom is 0.326 e. The first-order chi connectivity index (χ1) is 9.81. The summed E-state index contributed by atoms with van der Waals surface area (Å²) >= 11 is 0. The van der Waals surface area contributed by atoms with Crippen molar-refractivity contribution in [1.29, 1.82) is 0 Å². The fourth-order valence-electron chi connectivity index (χ4n) is 1.70. The molecule has 0 spiro atoms. The number of hydrogen-bond acceptors (Lipinski definition) is 3. The second-order valence-corrected chi connectivity index (χ2v) is 4.31. The van der Waals surface area contributed by atoms with E-state index in [2.05, 4.69) is 5.32 Å².